The predicted molar refractivity (Wildman–Crippen MR) is 188 cm³/mol. The lowest BCUT2D eigenvalue weighted by molar-refractivity contribution is -0.137. The number of nitrogens with one attached hydrogen (secondary N) is 1. The Hall–Kier alpha value is -5.71. The zero-order chi connectivity index (χ0) is 37.6. The lowest BCUT2D eigenvalue weighted by Crippen LogP contribution is -2.51. The predicted octanol–water partition coefficient (Wildman–Crippen LogP) is 4.52. The number of aromatic hydroxyl groups is 1. The largest absolute Gasteiger partial charge is 0.504 e. The Morgan fingerprint density at radius 3 is 2.58 bits per heavy atom. The molecule has 18 heteroatoms. The van der Waals surface area contributed by atoms with Gasteiger partial charge in [-0.15, -0.1) is 5.10 Å². The van der Waals surface area contributed by atoms with Crippen LogP contribution in [-0.4, -0.2) is 83.7 Å². The van der Waals surface area contributed by atoms with Crippen molar-refractivity contribution in [3.05, 3.63) is 86.3 Å². The van der Waals surface area contributed by atoms with Crippen LogP contribution in [-0.2, 0) is 30.4 Å². The summed E-state index contributed by atoms with van der Waals surface area (Å²) in [5.41, 5.74) is 0.911. The molecule has 1 saturated heterocycles. The van der Waals surface area contributed by atoms with E-state index >= 15 is 0 Å². The molecule has 53 heavy (non-hydrogen) atoms. The topological polar surface area (TPSA) is 160 Å². The van der Waals surface area contributed by atoms with Gasteiger partial charge in [-0.05, 0) is 56.0 Å². The Bertz CT molecular complexity index is 2320. The summed E-state index contributed by atoms with van der Waals surface area (Å²) in [6.07, 6.45) is -1.50. The van der Waals surface area contributed by atoms with Crippen LogP contribution in [0.2, 0.25) is 5.02 Å². The molecule has 5 heterocycles. The molecule has 0 unspecified atom stereocenters. The molecule has 2 N–H and O–H groups in total. The first-order valence-electron chi connectivity index (χ1n) is 16.8. The number of fused-ring (bicyclic) bond motifs is 2. The number of anilines is 2. The van der Waals surface area contributed by atoms with E-state index in [2.05, 4.69) is 20.4 Å². The fourth-order valence-corrected chi connectivity index (χ4v) is 6.87. The van der Waals surface area contributed by atoms with Crippen molar-refractivity contribution >= 4 is 40.6 Å². The van der Waals surface area contributed by atoms with Crippen molar-refractivity contribution in [3.8, 4) is 22.9 Å². The minimum atomic E-state index is -4.62. The van der Waals surface area contributed by atoms with Gasteiger partial charge in [-0.2, -0.15) is 22.7 Å². The monoisotopic (exact) mass is 751 g/mol. The quantitative estimate of drug-likeness (QED) is 0.242. The van der Waals surface area contributed by atoms with E-state index in [1.165, 1.54) is 11.2 Å². The zero-order valence-electron chi connectivity index (χ0n) is 28.6. The summed E-state index contributed by atoms with van der Waals surface area (Å²) >= 11 is 6.15. The molecular weight excluding hydrogens is 719 g/mol. The van der Waals surface area contributed by atoms with Crippen molar-refractivity contribution in [2.75, 3.05) is 43.0 Å². The van der Waals surface area contributed by atoms with Gasteiger partial charge in [-0.1, -0.05) is 30.7 Å². The second kappa shape index (κ2) is 14.0. The Morgan fingerprint density at radius 1 is 1.09 bits per heavy atom. The smallest absolute Gasteiger partial charge is 0.416 e. The van der Waals surface area contributed by atoms with Gasteiger partial charge < -0.3 is 29.5 Å². The van der Waals surface area contributed by atoms with Crippen LogP contribution in [0.15, 0.2) is 47.5 Å². The third-order valence-corrected chi connectivity index (χ3v) is 9.61. The zero-order valence-corrected chi connectivity index (χ0v) is 29.3. The number of ether oxygens (including phenoxy) is 1. The molecule has 5 aromatic rings. The number of aromatic nitrogens is 6. The lowest BCUT2D eigenvalue weighted by Gasteiger charge is -2.36. The molecule has 0 radical (unpaired) electrons. The van der Waals surface area contributed by atoms with E-state index in [4.69, 9.17) is 21.3 Å². The summed E-state index contributed by atoms with van der Waals surface area (Å²) in [4.78, 5) is 57.2. The molecule has 0 saturated carbocycles. The summed E-state index contributed by atoms with van der Waals surface area (Å²) in [5, 5.41) is 17.3. The fraction of sp³-hybridized carbons (Fsp3) is 0.343. The average Bonchev–Trinajstić information content (AvgIpc) is 3.60. The Kier molecular flexibility index (Phi) is 9.44. The third kappa shape index (κ3) is 6.71. The minimum Gasteiger partial charge on any atom is -0.504 e. The summed E-state index contributed by atoms with van der Waals surface area (Å²) in [7, 11) is 0. The SMILES string of the molecule is CCc1c(N2CCN(C(=O)c3ncnc(C)c3O)CC2)c(=O)n2nc(-c3cccc4c3OCCC4)nc2n1CC(=O)Nc1ccc(C(F)(F)F)cc1Cl. The van der Waals surface area contributed by atoms with Crippen LogP contribution in [0.5, 0.6) is 11.5 Å². The van der Waals surface area contributed by atoms with Crippen LogP contribution in [0.1, 0.15) is 46.3 Å². The second-order valence-corrected chi connectivity index (χ2v) is 13.0. The normalized spacial score (nSPS) is 14.6. The van der Waals surface area contributed by atoms with Crippen LogP contribution < -0.4 is 20.5 Å². The molecule has 2 aliphatic rings. The van der Waals surface area contributed by atoms with Gasteiger partial charge in [0.15, 0.2) is 17.3 Å². The standard InChI is InChI=1S/C35H33ClF3N9O5/c1-3-25-28(45-11-13-46(14-12-45)32(51)27-29(50)19(2)40-18-41-27)33(52)48-34(43-31(44-48)22-8-4-6-20-7-5-15-53-30(20)22)47(25)17-26(49)42-24-10-9-21(16-23(24)36)35(37,38)39/h4,6,8-10,16,18,50H,3,5,7,11-15,17H2,1-2H3,(H,42,49). The molecule has 2 amide bonds. The van der Waals surface area contributed by atoms with Crippen LogP contribution in [0.3, 0.4) is 0 Å². The van der Waals surface area contributed by atoms with Gasteiger partial charge in [-0.25, -0.2) is 9.97 Å². The summed E-state index contributed by atoms with van der Waals surface area (Å²) in [6, 6.07) is 8.23. The van der Waals surface area contributed by atoms with Gasteiger partial charge >= 0.3 is 6.18 Å². The maximum atomic E-state index is 14.4. The van der Waals surface area contributed by atoms with Crippen molar-refractivity contribution in [1.29, 1.82) is 0 Å². The highest BCUT2D eigenvalue weighted by Crippen LogP contribution is 2.36. The summed E-state index contributed by atoms with van der Waals surface area (Å²) < 4.78 is 48.4. The molecular formula is C35H33ClF3N9O5. The highest BCUT2D eigenvalue weighted by atomic mass is 35.5. The number of carbonyl (C=O) groups excluding carboxylic acids is 2. The second-order valence-electron chi connectivity index (χ2n) is 12.6. The molecule has 0 bridgehead atoms. The number of benzene rings is 2. The van der Waals surface area contributed by atoms with Crippen molar-refractivity contribution in [2.24, 2.45) is 0 Å². The van der Waals surface area contributed by atoms with Gasteiger partial charge in [0.05, 0.1) is 39.8 Å². The first-order valence-corrected chi connectivity index (χ1v) is 17.2. The van der Waals surface area contributed by atoms with E-state index in [0.29, 0.717) is 23.6 Å². The molecule has 7 rings (SSSR count). The van der Waals surface area contributed by atoms with Gasteiger partial charge in [0.2, 0.25) is 11.7 Å². The molecule has 0 atom stereocenters. The highest BCUT2D eigenvalue weighted by molar-refractivity contribution is 6.33. The number of hydrogen-bond donors (Lipinski definition) is 2. The van der Waals surface area contributed by atoms with Gasteiger partial charge in [0.1, 0.15) is 24.3 Å². The third-order valence-electron chi connectivity index (χ3n) is 9.30. The van der Waals surface area contributed by atoms with Gasteiger partial charge in [0, 0.05) is 26.2 Å². The number of amides is 2. The van der Waals surface area contributed by atoms with Crippen LogP contribution in [0.25, 0.3) is 17.2 Å². The number of alkyl halides is 3. The molecule has 2 aliphatic heterocycles. The minimum absolute atomic E-state index is 0.0269. The Balaban J connectivity index is 1.27. The van der Waals surface area contributed by atoms with Crippen molar-refractivity contribution in [3.63, 3.8) is 0 Å². The Labute approximate surface area is 304 Å². The van der Waals surface area contributed by atoms with Crippen molar-refractivity contribution < 1.29 is 32.6 Å². The molecule has 3 aromatic heterocycles. The van der Waals surface area contributed by atoms with Crippen LogP contribution in [0, 0.1) is 6.92 Å². The van der Waals surface area contributed by atoms with E-state index in [9.17, 15) is 32.7 Å². The maximum absolute atomic E-state index is 14.4. The number of piperazine rings is 1. The first-order chi connectivity index (χ1) is 25.3. The van der Waals surface area contributed by atoms with E-state index in [1.807, 2.05) is 24.0 Å². The van der Waals surface area contributed by atoms with E-state index < -0.39 is 35.7 Å². The van der Waals surface area contributed by atoms with Gasteiger partial charge in [0.25, 0.3) is 11.5 Å². The molecule has 2 aromatic carbocycles. The number of para-hydroxylation sites is 1. The number of hydrogen-bond acceptors (Lipinski definition) is 10. The molecule has 14 nitrogen and oxygen atoms in total. The molecule has 0 spiro atoms. The van der Waals surface area contributed by atoms with Crippen molar-refractivity contribution in [1.82, 2.24) is 34.0 Å². The van der Waals surface area contributed by atoms with E-state index in [-0.39, 0.29) is 77.7 Å². The summed E-state index contributed by atoms with van der Waals surface area (Å²) in [6.45, 7) is 4.30. The number of rotatable bonds is 7. The number of nitrogens with zero attached hydrogens (tertiary/aromatic N) is 8. The van der Waals surface area contributed by atoms with Crippen LogP contribution in [0.4, 0.5) is 24.5 Å². The highest BCUT2D eigenvalue weighted by Gasteiger charge is 2.33. The van der Waals surface area contributed by atoms with E-state index in [1.54, 1.807) is 17.6 Å². The van der Waals surface area contributed by atoms with Crippen molar-refractivity contribution in [2.45, 2.75) is 45.8 Å². The number of halogens is 4. The molecule has 1 fully saturated rings. The van der Waals surface area contributed by atoms with Gasteiger partial charge in [-0.3, -0.25) is 14.4 Å². The van der Waals surface area contributed by atoms with E-state index in [0.717, 1.165) is 41.1 Å². The summed E-state index contributed by atoms with van der Waals surface area (Å²) in [5.74, 6) is -0.539. The fourth-order valence-electron chi connectivity index (χ4n) is 6.64. The number of carbonyl (C=O) groups is 2. The first kappa shape index (κ1) is 35.7. The van der Waals surface area contributed by atoms with Crippen LogP contribution >= 0.6 is 11.6 Å². The average molecular weight is 752 g/mol. The molecule has 0 aliphatic carbocycles. The molecule has 276 valence electrons. The Morgan fingerprint density at radius 2 is 1.87 bits per heavy atom. The lowest BCUT2D eigenvalue weighted by atomic mass is 10.0. The maximum Gasteiger partial charge on any atom is 0.416 e. The number of aryl methyl sites for hydroxylation is 2.